The topological polar surface area (TPSA) is 84.1 Å². The Hall–Kier alpha value is -4.30. The van der Waals surface area contributed by atoms with Crippen molar-refractivity contribution in [2.45, 2.75) is 24.9 Å². The molecule has 0 bridgehead atoms. The largest absolute Gasteiger partial charge is 0.399 e. The molecular formula is C30H31N5O3. The third-order valence-electron chi connectivity index (χ3n) is 6.81. The van der Waals surface area contributed by atoms with Gasteiger partial charge in [0, 0.05) is 12.0 Å². The van der Waals surface area contributed by atoms with Gasteiger partial charge in [0.25, 0.3) is 5.91 Å². The zero-order valence-electron chi connectivity index (χ0n) is 21.8. The van der Waals surface area contributed by atoms with Gasteiger partial charge in [-0.05, 0) is 49.3 Å². The van der Waals surface area contributed by atoms with Gasteiger partial charge in [0.1, 0.15) is 13.2 Å². The van der Waals surface area contributed by atoms with E-state index in [1.807, 2.05) is 86.9 Å². The molecule has 194 valence electrons. The average molecular weight is 510 g/mol. The van der Waals surface area contributed by atoms with Crippen molar-refractivity contribution in [3.8, 4) is 11.1 Å². The Morgan fingerprint density at radius 3 is 2.34 bits per heavy atom. The van der Waals surface area contributed by atoms with Crippen molar-refractivity contribution >= 4 is 11.6 Å². The molecule has 3 aromatic carbocycles. The lowest BCUT2D eigenvalue weighted by Gasteiger charge is -2.22. The van der Waals surface area contributed by atoms with E-state index in [0.717, 1.165) is 23.3 Å². The number of carbonyl (C=O) groups is 1. The zero-order chi connectivity index (χ0) is 26.5. The lowest BCUT2D eigenvalue weighted by Crippen LogP contribution is -2.32. The molecule has 1 unspecified atom stereocenters. The van der Waals surface area contributed by atoms with Crippen LogP contribution in [0.1, 0.15) is 46.1 Å². The molecule has 1 amide bonds. The number of likely N-dealkylation sites (tertiary alicyclic amines) is 1. The van der Waals surface area contributed by atoms with E-state index >= 15 is 0 Å². The summed E-state index contributed by atoms with van der Waals surface area (Å²) in [4.78, 5) is 27.3. The SMILES string of the molecule is CON=C1C[C@@H](c2noc(C(Cc3ccccc3)N(C)C)n2)N(C(=O)c2ccc(-c3ccccc3)cc2)C1. The van der Waals surface area contributed by atoms with Gasteiger partial charge in [-0.1, -0.05) is 83.1 Å². The number of likely N-dealkylation sites (N-methyl/N-ethyl adjacent to an activating group) is 1. The molecule has 5 rings (SSSR count). The number of amides is 1. The Morgan fingerprint density at radius 1 is 1.03 bits per heavy atom. The molecule has 0 spiro atoms. The summed E-state index contributed by atoms with van der Waals surface area (Å²) in [7, 11) is 5.49. The van der Waals surface area contributed by atoms with E-state index in [2.05, 4.69) is 27.3 Å². The molecule has 8 nitrogen and oxygen atoms in total. The highest BCUT2D eigenvalue weighted by atomic mass is 16.6. The van der Waals surface area contributed by atoms with Gasteiger partial charge >= 0.3 is 0 Å². The Kier molecular flexibility index (Phi) is 7.60. The highest BCUT2D eigenvalue weighted by Crippen LogP contribution is 2.32. The summed E-state index contributed by atoms with van der Waals surface area (Å²) >= 11 is 0. The van der Waals surface area contributed by atoms with Crippen LogP contribution in [-0.4, -0.2) is 59.3 Å². The molecule has 4 aromatic rings. The quantitative estimate of drug-likeness (QED) is 0.305. The van der Waals surface area contributed by atoms with Crippen molar-refractivity contribution in [3.05, 3.63) is 108 Å². The highest BCUT2D eigenvalue weighted by molar-refractivity contribution is 6.00. The summed E-state index contributed by atoms with van der Waals surface area (Å²) in [6.45, 7) is 0.336. The number of hydrogen-bond acceptors (Lipinski definition) is 7. The van der Waals surface area contributed by atoms with Gasteiger partial charge in [-0.3, -0.25) is 9.69 Å². The smallest absolute Gasteiger partial charge is 0.254 e. The maximum Gasteiger partial charge on any atom is 0.254 e. The number of rotatable bonds is 8. The van der Waals surface area contributed by atoms with Crippen LogP contribution < -0.4 is 0 Å². The number of aromatic nitrogens is 2. The maximum atomic E-state index is 13.7. The van der Waals surface area contributed by atoms with Crippen molar-refractivity contribution in [2.24, 2.45) is 5.16 Å². The summed E-state index contributed by atoms with van der Waals surface area (Å²) in [6, 6.07) is 27.4. The monoisotopic (exact) mass is 509 g/mol. The molecule has 0 saturated carbocycles. The minimum atomic E-state index is -0.401. The van der Waals surface area contributed by atoms with Crippen molar-refractivity contribution < 1.29 is 14.2 Å². The number of carbonyl (C=O) groups excluding carboxylic acids is 1. The van der Waals surface area contributed by atoms with Crippen LogP contribution in [0.25, 0.3) is 11.1 Å². The number of oxime groups is 1. The molecule has 0 N–H and O–H groups in total. The Bertz CT molecular complexity index is 1380. The average Bonchev–Trinajstić information content (AvgIpc) is 3.60. The first kappa shape index (κ1) is 25.4. The first-order valence-electron chi connectivity index (χ1n) is 12.6. The normalized spacial score (nSPS) is 17.2. The first-order chi connectivity index (χ1) is 18.5. The maximum absolute atomic E-state index is 13.7. The summed E-state index contributed by atoms with van der Waals surface area (Å²) in [5.74, 6) is 0.872. The van der Waals surface area contributed by atoms with Gasteiger partial charge < -0.3 is 14.3 Å². The predicted octanol–water partition coefficient (Wildman–Crippen LogP) is 5.17. The third kappa shape index (κ3) is 5.50. The molecule has 8 heteroatoms. The summed E-state index contributed by atoms with van der Waals surface area (Å²) in [5.41, 5.74) is 4.68. The molecule has 0 aliphatic carbocycles. The van der Waals surface area contributed by atoms with Gasteiger partial charge in [0.05, 0.1) is 18.3 Å². The van der Waals surface area contributed by atoms with E-state index in [4.69, 9.17) is 14.3 Å². The zero-order valence-corrected chi connectivity index (χ0v) is 21.8. The van der Waals surface area contributed by atoms with Gasteiger partial charge in [-0.25, -0.2) is 0 Å². The highest BCUT2D eigenvalue weighted by Gasteiger charge is 2.38. The lowest BCUT2D eigenvalue weighted by molar-refractivity contribution is 0.0732. The summed E-state index contributed by atoms with van der Waals surface area (Å²) < 4.78 is 5.75. The van der Waals surface area contributed by atoms with E-state index in [9.17, 15) is 4.79 Å². The summed E-state index contributed by atoms with van der Waals surface area (Å²) in [6.07, 6.45) is 1.21. The van der Waals surface area contributed by atoms with Gasteiger partial charge in [-0.2, -0.15) is 4.98 Å². The van der Waals surface area contributed by atoms with Crippen LogP contribution in [0.2, 0.25) is 0 Å². The Balaban J connectivity index is 1.39. The van der Waals surface area contributed by atoms with E-state index < -0.39 is 6.04 Å². The number of benzene rings is 3. The number of hydrogen-bond donors (Lipinski definition) is 0. The molecule has 1 aliphatic rings. The standard InChI is InChI=1S/C30H31N5O3/c1-34(2)27(18-21-10-6-4-7-11-21)29-31-28(33-38-29)26-19-25(32-37-3)20-35(26)30(36)24-16-14-23(15-17-24)22-12-8-5-9-13-22/h4-17,26-27H,18-20H2,1-3H3/t26-,27?/m0/s1. The van der Waals surface area contributed by atoms with Crippen LogP contribution >= 0.6 is 0 Å². The molecule has 2 heterocycles. The first-order valence-corrected chi connectivity index (χ1v) is 12.6. The molecule has 1 aromatic heterocycles. The lowest BCUT2D eigenvalue weighted by atomic mass is 10.0. The molecule has 0 radical (unpaired) electrons. The second-order valence-electron chi connectivity index (χ2n) is 9.60. The minimum Gasteiger partial charge on any atom is -0.399 e. The Labute approximate surface area is 222 Å². The van der Waals surface area contributed by atoms with Crippen molar-refractivity contribution in [2.75, 3.05) is 27.7 Å². The fourth-order valence-corrected chi connectivity index (χ4v) is 4.79. The molecule has 38 heavy (non-hydrogen) atoms. The fourth-order valence-electron chi connectivity index (χ4n) is 4.79. The van der Waals surface area contributed by atoms with Crippen molar-refractivity contribution in [1.82, 2.24) is 19.9 Å². The van der Waals surface area contributed by atoms with Gasteiger partial charge in [-0.15, -0.1) is 0 Å². The molecule has 1 saturated heterocycles. The van der Waals surface area contributed by atoms with Crippen LogP contribution in [0, 0.1) is 0 Å². The molecule has 1 fully saturated rings. The number of nitrogens with zero attached hydrogens (tertiary/aromatic N) is 5. The van der Waals surface area contributed by atoms with Crippen LogP contribution in [0.4, 0.5) is 0 Å². The van der Waals surface area contributed by atoms with Crippen molar-refractivity contribution in [1.29, 1.82) is 0 Å². The van der Waals surface area contributed by atoms with Crippen LogP contribution in [0.5, 0.6) is 0 Å². The van der Waals surface area contributed by atoms with Crippen LogP contribution in [-0.2, 0) is 11.3 Å². The predicted molar refractivity (Wildman–Crippen MR) is 146 cm³/mol. The third-order valence-corrected chi connectivity index (χ3v) is 6.81. The Morgan fingerprint density at radius 2 is 1.68 bits per heavy atom. The van der Waals surface area contributed by atoms with E-state index in [0.29, 0.717) is 30.2 Å². The van der Waals surface area contributed by atoms with E-state index in [1.165, 1.54) is 12.7 Å². The van der Waals surface area contributed by atoms with Crippen LogP contribution in [0.3, 0.4) is 0 Å². The fraction of sp³-hybridized carbons (Fsp3) is 0.267. The van der Waals surface area contributed by atoms with Crippen molar-refractivity contribution in [3.63, 3.8) is 0 Å². The second-order valence-corrected chi connectivity index (χ2v) is 9.60. The van der Waals surface area contributed by atoms with Crippen LogP contribution in [0.15, 0.2) is 94.6 Å². The molecular weight excluding hydrogens is 478 g/mol. The minimum absolute atomic E-state index is 0.0955. The summed E-state index contributed by atoms with van der Waals surface area (Å²) in [5, 5.41) is 8.45. The van der Waals surface area contributed by atoms with Gasteiger partial charge in [0.2, 0.25) is 5.89 Å². The van der Waals surface area contributed by atoms with E-state index in [1.54, 1.807) is 4.90 Å². The second kappa shape index (κ2) is 11.4. The van der Waals surface area contributed by atoms with Gasteiger partial charge in [0.15, 0.2) is 5.82 Å². The van der Waals surface area contributed by atoms with E-state index in [-0.39, 0.29) is 11.9 Å². The molecule has 2 atom stereocenters. The molecule has 1 aliphatic heterocycles.